The highest BCUT2D eigenvalue weighted by atomic mass is 32.2. The van der Waals surface area contributed by atoms with Gasteiger partial charge in [-0.2, -0.15) is 0 Å². The molecule has 4 rings (SSSR count). The Hall–Kier alpha value is -0.670. The van der Waals surface area contributed by atoms with Gasteiger partial charge in [0.15, 0.2) is 0 Å². The molecule has 3 aliphatic carbocycles. The molecular formula is C22H32O2S. The lowest BCUT2D eigenvalue weighted by molar-refractivity contribution is -0.114. The van der Waals surface area contributed by atoms with Gasteiger partial charge in [0.05, 0.1) is 6.10 Å². The van der Waals surface area contributed by atoms with Crippen LogP contribution in [0.2, 0.25) is 0 Å². The first-order chi connectivity index (χ1) is 11.8. The van der Waals surface area contributed by atoms with Crippen LogP contribution in [-0.2, 0) is 16.6 Å². The van der Waals surface area contributed by atoms with Crippen LogP contribution in [0.3, 0.4) is 0 Å². The van der Waals surface area contributed by atoms with Gasteiger partial charge in [0.25, 0.3) is 0 Å². The summed E-state index contributed by atoms with van der Waals surface area (Å²) in [7, 11) is -0.843. The van der Waals surface area contributed by atoms with Crippen molar-refractivity contribution in [3.05, 3.63) is 35.9 Å². The standard InChI is InChI=1S/C22H32O2S/c1-20(2)13-19(25(24)14-16-7-5-4-6-8-16)22-12-10-18(23)21(3,15-22)11-9-17(20)22/h4-8,17-19,23H,9-15H2,1-3H3/t17-,18+,19-,21+,22-,25?/m0/s1. The maximum Gasteiger partial charge on any atom is 0.0594 e. The molecule has 3 fully saturated rings. The summed E-state index contributed by atoms with van der Waals surface area (Å²) in [4.78, 5) is 0. The fourth-order valence-corrected chi connectivity index (χ4v) is 8.94. The smallest absolute Gasteiger partial charge is 0.0594 e. The van der Waals surface area contributed by atoms with Crippen LogP contribution in [0.1, 0.15) is 64.9 Å². The van der Waals surface area contributed by atoms with Gasteiger partial charge in [-0.15, -0.1) is 0 Å². The molecule has 1 aromatic carbocycles. The minimum atomic E-state index is -0.843. The average Bonchev–Trinajstić information content (AvgIpc) is 2.79. The number of rotatable bonds is 3. The van der Waals surface area contributed by atoms with E-state index in [1.807, 2.05) is 18.2 Å². The third-order valence-electron chi connectivity index (χ3n) is 7.88. The van der Waals surface area contributed by atoms with E-state index >= 15 is 0 Å². The van der Waals surface area contributed by atoms with Crippen LogP contribution in [0, 0.1) is 22.2 Å². The lowest BCUT2D eigenvalue weighted by Crippen LogP contribution is -2.54. The monoisotopic (exact) mass is 360 g/mol. The van der Waals surface area contributed by atoms with E-state index in [1.54, 1.807) is 0 Å². The van der Waals surface area contributed by atoms with E-state index in [9.17, 15) is 9.32 Å². The number of aliphatic hydroxyl groups excluding tert-OH is 1. The third kappa shape index (κ3) is 2.73. The van der Waals surface area contributed by atoms with E-state index in [0.717, 1.165) is 32.1 Å². The molecule has 6 atom stereocenters. The molecule has 1 N–H and O–H groups in total. The predicted molar refractivity (Wildman–Crippen MR) is 104 cm³/mol. The van der Waals surface area contributed by atoms with Crippen molar-refractivity contribution >= 4 is 10.8 Å². The normalized spacial score (nSPS) is 43.4. The van der Waals surface area contributed by atoms with Crippen LogP contribution < -0.4 is 0 Å². The molecule has 2 nitrogen and oxygen atoms in total. The third-order valence-corrected chi connectivity index (χ3v) is 9.77. The molecule has 0 radical (unpaired) electrons. The van der Waals surface area contributed by atoms with Crippen LogP contribution in [0.4, 0.5) is 0 Å². The second-order valence-electron chi connectivity index (χ2n) is 9.90. The number of benzene rings is 1. The van der Waals surface area contributed by atoms with Gasteiger partial charge < -0.3 is 5.11 Å². The minimum absolute atomic E-state index is 0.0321. The fourth-order valence-electron chi connectivity index (χ4n) is 6.71. The summed E-state index contributed by atoms with van der Waals surface area (Å²) in [6.07, 6.45) is 6.24. The molecule has 2 bridgehead atoms. The van der Waals surface area contributed by atoms with E-state index in [0.29, 0.717) is 11.7 Å². The van der Waals surface area contributed by atoms with E-state index in [4.69, 9.17) is 0 Å². The van der Waals surface area contributed by atoms with Crippen LogP contribution in [0.25, 0.3) is 0 Å². The summed E-state index contributed by atoms with van der Waals surface area (Å²) in [5.74, 6) is 1.33. The molecular weight excluding hydrogens is 328 g/mol. The van der Waals surface area contributed by atoms with Gasteiger partial charge in [-0.05, 0) is 66.3 Å². The molecule has 3 aliphatic rings. The van der Waals surface area contributed by atoms with Gasteiger partial charge in [-0.3, -0.25) is 4.21 Å². The molecule has 1 aromatic rings. The largest absolute Gasteiger partial charge is 0.393 e. The highest BCUT2D eigenvalue weighted by Crippen LogP contribution is 2.69. The van der Waals surface area contributed by atoms with Gasteiger partial charge >= 0.3 is 0 Å². The van der Waals surface area contributed by atoms with Crippen molar-refractivity contribution in [1.82, 2.24) is 0 Å². The molecule has 0 amide bonds. The van der Waals surface area contributed by atoms with Crippen molar-refractivity contribution < 1.29 is 9.32 Å². The van der Waals surface area contributed by atoms with E-state index in [1.165, 1.54) is 12.0 Å². The molecule has 3 saturated carbocycles. The highest BCUT2D eigenvalue weighted by molar-refractivity contribution is 7.84. The summed E-state index contributed by atoms with van der Waals surface area (Å²) in [5, 5.41) is 10.9. The maximum absolute atomic E-state index is 13.5. The zero-order valence-corrected chi connectivity index (χ0v) is 16.6. The van der Waals surface area contributed by atoms with Gasteiger partial charge in [-0.25, -0.2) is 0 Å². The molecule has 1 unspecified atom stereocenters. The first-order valence-electron chi connectivity index (χ1n) is 9.86. The zero-order valence-electron chi connectivity index (χ0n) is 15.8. The van der Waals surface area contributed by atoms with E-state index in [-0.39, 0.29) is 27.6 Å². The Morgan fingerprint density at radius 2 is 1.84 bits per heavy atom. The molecule has 0 saturated heterocycles. The summed E-state index contributed by atoms with van der Waals surface area (Å²) in [6, 6.07) is 10.3. The van der Waals surface area contributed by atoms with Gasteiger partial charge in [0.1, 0.15) is 0 Å². The van der Waals surface area contributed by atoms with Crippen LogP contribution in [0.15, 0.2) is 30.3 Å². The molecule has 0 heterocycles. The van der Waals surface area contributed by atoms with Crippen LogP contribution >= 0.6 is 0 Å². The Labute approximate surface area is 154 Å². The number of fused-ring (bicyclic) bond motifs is 1. The van der Waals surface area contributed by atoms with Gasteiger partial charge in [0, 0.05) is 21.8 Å². The topological polar surface area (TPSA) is 37.3 Å². The van der Waals surface area contributed by atoms with Gasteiger partial charge in [-0.1, -0.05) is 51.1 Å². The van der Waals surface area contributed by atoms with Gasteiger partial charge in [0.2, 0.25) is 0 Å². The average molecular weight is 361 g/mol. The van der Waals surface area contributed by atoms with E-state index < -0.39 is 10.8 Å². The summed E-state index contributed by atoms with van der Waals surface area (Å²) >= 11 is 0. The van der Waals surface area contributed by atoms with Crippen LogP contribution in [0.5, 0.6) is 0 Å². The summed E-state index contributed by atoms with van der Waals surface area (Å²) < 4.78 is 13.5. The second-order valence-corrected chi connectivity index (χ2v) is 11.5. The molecule has 138 valence electrons. The Morgan fingerprint density at radius 1 is 1.12 bits per heavy atom. The lowest BCUT2D eigenvalue weighted by atomic mass is 9.49. The quantitative estimate of drug-likeness (QED) is 0.850. The Balaban J connectivity index is 1.67. The summed E-state index contributed by atoms with van der Waals surface area (Å²) in [6.45, 7) is 7.07. The molecule has 25 heavy (non-hydrogen) atoms. The number of hydrogen-bond acceptors (Lipinski definition) is 2. The molecule has 0 aliphatic heterocycles. The Morgan fingerprint density at radius 3 is 2.56 bits per heavy atom. The molecule has 1 spiro atoms. The predicted octanol–water partition coefficient (Wildman–Crippen LogP) is 4.68. The number of aliphatic hydroxyl groups is 1. The maximum atomic E-state index is 13.5. The Kier molecular flexibility index (Phi) is 4.20. The zero-order chi connectivity index (χ0) is 17.9. The molecule has 0 aromatic heterocycles. The van der Waals surface area contributed by atoms with Crippen LogP contribution in [-0.4, -0.2) is 20.7 Å². The van der Waals surface area contributed by atoms with Crippen molar-refractivity contribution in [2.45, 2.75) is 76.4 Å². The highest BCUT2D eigenvalue weighted by Gasteiger charge is 2.65. The first-order valence-corrected chi connectivity index (χ1v) is 11.2. The first kappa shape index (κ1) is 17.7. The van der Waals surface area contributed by atoms with Crippen molar-refractivity contribution in [1.29, 1.82) is 0 Å². The van der Waals surface area contributed by atoms with Crippen molar-refractivity contribution in [2.24, 2.45) is 22.2 Å². The van der Waals surface area contributed by atoms with E-state index in [2.05, 4.69) is 32.9 Å². The SMILES string of the molecule is CC1(C)C[C@H](S(=O)Cc2ccccc2)[C@]23CC[C@@H](O)[C@](C)(CC[C@@H]12)C3. The Bertz CT molecular complexity index is 670. The number of hydrogen-bond donors (Lipinski definition) is 1. The summed E-state index contributed by atoms with van der Waals surface area (Å²) in [5.41, 5.74) is 1.66. The fraction of sp³-hybridized carbons (Fsp3) is 0.727. The van der Waals surface area contributed by atoms with Crippen molar-refractivity contribution in [2.75, 3.05) is 0 Å². The molecule has 3 heteroatoms. The van der Waals surface area contributed by atoms with Crippen molar-refractivity contribution in [3.8, 4) is 0 Å². The lowest BCUT2D eigenvalue weighted by Gasteiger charge is -2.58. The second kappa shape index (κ2) is 5.92. The minimum Gasteiger partial charge on any atom is -0.393 e. The van der Waals surface area contributed by atoms with Crippen molar-refractivity contribution in [3.63, 3.8) is 0 Å².